The van der Waals surface area contributed by atoms with Gasteiger partial charge in [0.2, 0.25) is 5.91 Å². The minimum atomic E-state index is -0.337. The van der Waals surface area contributed by atoms with E-state index in [1.54, 1.807) is 25.3 Å². The molecule has 3 rings (SSSR count). The Morgan fingerprint density at radius 2 is 1.83 bits per heavy atom. The smallest absolute Gasteiger partial charge is 0.253 e. The number of methoxy groups -OCH3 is 1. The van der Waals surface area contributed by atoms with Gasteiger partial charge in [-0.15, -0.1) is 0 Å². The molecule has 1 aliphatic rings. The lowest BCUT2D eigenvalue weighted by Gasteiger charge is -2.22. The number of benzene rings is 2. The zero-order chi connectivity index (χ0) is 20.6. The molecular weight excluding hydrogens is 373 g/mol. The van der Waals surface area contributed by atoms with Gasteiger partial charge in [-0.05, 0) is 48.7 Å². The number of amides is 2. The molecule has 0 radical (unpaired) electrons. The summed E-state index contributed by atoms with van der Waals surface area (Å²) in [5.41, 5.74) is 2.67. The number of nitrogens with one attached hydrogen (secondary N) is 2. The zero-order valence-corrected chi connectivity index (χ0v) is 16.5. The molecule has 154 valence electrons. The van der Waals surface area contributed by atoms with Crippen molar-refractivity contribution in [2.24, 2.45) is 0 Å². The highest BCUT2D eigenvalue weighted by Gasteiger charge is 2.20. The van der Waals surface area contributed by atoms with Crippen LogP contribution in [0, 0.1) is 5.82 Å². The van der Waals surface area contributed by atoms with Crippen molar-refractivity contribution in [3.63, 3.8) is 0 Å². The normalized spacial score (nSPS) is 13.4. The highest BCUT2D eigenvalue weighted by Crippen LogP contribution is 2.27. The first-order chi connectivity index (χ1) is 14.1. The van der Waals surface area contributed by atoms with E-state index in [0.29, 0.717) is 24.4 Å². The molecule has 0 saturated carbocycles. The lowest BCUT2D eigenvalue weighted by atomic mass is 10.1. The fourth-order valence-electron chi connectivity index (χ4n) is 3.38. The lowest BCUT2D eigenvalue weighted by Crippen LogP contribution is -2.30. The lowest BCUT2D eigenvalue weighted by molar-refractivity contribution is -0.115. The molecule has 6 nitrogen and oxygen atoms in total. The predicted molar refractivity (Wildman–Crippen MR) is 111 cm³/mol. The first-order valence-corrected chi connectivity index (χ1v) is 9.77. The van der Waals surface area contributed by atoms with Gasteiger partial charge in [0.25, 0.3) is 5.91 Å². The molecule has 0 aromatic heterocycles. The summed E-state index contributed by atoms with van der Waals surface area (Å²) in [7, 11) is 1.58. The number of rotatable bonds is 8. The summed E-state index contributed by atoms with van der Waals surface area (Å²) in [5.74, 6) is -0.759. The van der Waals surface area contributed by atoms with Crippen LogP contribution in [0.15, 0.2) is 42.5 Å². The number of anilines is 2. The average molecular weight is 399 g/mol. The van der Waals surface area contributed by atoms with Crippen LogP contribution in [0.1, 0.15) is 28.8 Å². The van der Waals surface area contributed by atoms with E-state index in [9.17, 15) is 14.0 Å². The van der Waals surface area contributed by atoms with Gasteiger partial charge in [-0.25, -0.2) is 4.39 Å². The van der Waals surface area contributed by atoms with Gasteiger partial charge in [0.15, 0.2) is 0 Å². The van der Waals surface area contributed by atoms with E-state index < -0.39 is 0 Å². The molecule has 2 N–H and O–H groups in total. The summed E-state index contributed by atoms with van der Waals surface area (Å²) in [4.78, 5) is 27.3. The van der Waals surface area contributed by atoms with Crippen molar-refractivity contribution in [3.8, 4) is 0 Å². The van der Waals surface area contributed by atoms with Crippen molar-refractivity contribution in [2.45, 2.75) is 19.3 Å². The standard InChI is InChI=1S/C22H26FN3O3/c1-29-13-10-24-22(28)19-15-18(8-9-20(19)26-11-2-3-12-26)25-21(27)14-16-4-6-17(23)7-5-16/h4-9,15H,2-3,10-14H2,1H3,(H,24,28)(H,25,27). The highest BCUT2D eigenvalue weighted by molar-refractivity contribution is 6.02. The van der Waals surface area contributed by atoms with Crippen molar-refractivity contribution in [3.05, 3.63) is 59.4 Å². The number of halogens is 1. The van der Waals surface area contributed by atoms with Crippen LogP contribution in [0.5, 0.6) is 0 Å². The van der Waals surface area contributed by atoms with Crippen molar-refractivity contribution in [2.75, 3.05) is 43.6 Å². The Balaban J connectivity index is 1.74. The van der Waals surface area contributed by atoms with Crippen LogP contribution in [0.2, 0.25) is 0 Å². The Bertz CT molecular complexity index is 849. The van der Waals surface area contributed by atoms with E-state index in [1.807, 2.05) is 12.1 Å². The van der Waals surface area contributed by atoms with E-state index in [4.69, 9.17) is 4.74 Å². The predicted octanol–water partition coefficient (Wildman–Crippen LogP) is 2.98. The van der Waals surface area contributed by atoms with Gasteiger partial charge < -0.3 is 20.3 Å². The molecule has 1 saturated heterocycles. The second kappa shape index (κ2) is 10.0. The van der Waals surface area contributed by atoms with E-state index >= 15 is 0 Å². The Labute approximate surface area is 170 Å². The number of ether oxygens (including phenoxy) is 1. The topological polar surface area (TPSA) is 70.7 Å². The van der Waals surface area contributed by atoms with Crippen molar-refractivity contribution < 1.29 is 18.7 Å². The monoisotopic (exact) mass is 399 g/mol. The third-order valence-electron chi connectivity index (χ3n) is 4.84. The van der Waals surface area contributed by atoms with E-state index in [0.717, 1.165) is 37.2 Å². The largest absolute Gasteiger partial charge is 0.383 e. The fraction of sp³-hybridized carbons (Fsp3) is 0.364. The molecule has 0 bridgehead atoms. The first kappa shape index (κ1) is 20.8. The van der Waals surface area contributed by atoms with Gasteiger partial charge in [0, 0.05) is 38.1 Å². The van der Waals surface area contributed by atoms with Crippen LogP contribution in [-0.4, -0.2) is 45.2 Å². The van der Waals surface area contributed by atoms with Gasteiger partial charge in [-0.2, -0.15) is 0 Å². The molecule has 1 fully saturated rings. The van der Waals surface area contributed by atoms with Crippen LogP contribution in [0.3, 0.4) is 0 Å². The van der Waals surface area contributed by atoms with Crippen LogP contribution in [0.25, 0.3) is 0 Å². The zero-order valence-electron chi connectivity index (χ0n) is 16.5. The minimum absolute atomic E-state index is 0.128. The Kier molecular flexibility index (Phi) is 7.19. The van der Waals surface area contributed by atoms with Gasteiger partial charge in [-0.3, -0.25) is 9.59 Å². The molecule has 0 aliphatic carbocycles. The molecule has 2 amide bonds. The van der Waals surface area contributed by atoms with Crippen molar-refractivity contribution >= 4 is 23.2 Å². The average Bonchev–Trinajstić information content (AvgIpc) is 3.24. The summed E-state index contributed by atoms with van der Waals surface area (Å²) in [6, 6.07) is 11.2. The van der Waals surface area contributed by atoms with E-state index in [2.05, 4.69) is 15.5 Å². The molecule has 0 spiro atoms. The maximum atomic E-state index is 13.0. The summed E-state index contributed by atoms with van der Waals surface area (Å²) in [5, 5.41) is 5.68. The number of carbonyl (C=O) groups is 2. The quantitative estimate of drug-likeness (QED) is 0.670. The van der Waals surface area contributed by atoms with Crippen LogP contribution >= 0.6 is 0 Å². The van der Waals surface area contributed by atoms with E-state index in [1.165, 1.54) is 12.1 Å². The molecule has 7 heteroatoms. The summed E-state index contributed by atoms with van der Waals surface area (Å²) in [6.45, 7) is 2.66. The molecule has 2 aromatic carbocycles. The second-order valence-electron chi connectivity index (χ2n) is 7.03. The van der Waals surface area contributed by atoms with Crippen LogP contribution in [0.4, 0.5) is 15.8 Å². The second-order valence-corrected chi connectivity index (χ2v) is 7.03. The Morgan fingerprint density at radius 1 is 1.10 bits per heavy atom. The minimum Gasteiger partial charge on any atom is -0.383 e. The van der Waals surface area contributed by atoms with Gasteiger partial charge in [0.05, 0.1) is 18.6 Å². The van der Waals surface area contributed by atoms with Crippen LogP contribution in [-0.2, 0) is 16.0 Å². The SMILES string of the molecule is COCCNC(=O)c1cc(NC(=O)Cc2ccc(F)cc2)ccc1N1CCCC1. The third kappa shape index (κ3) is 5.77. The summed E-state index contributed by atoms with van der Waals surface area (Å²) >= 11 is 0. The molecule has 0 unspecified atom stereocenters. The van der Waals surface area contributed by atoms with Crippen molar-refractivity contribution in [1.82, 2.24) is 5.32 Å². The first-order valence-electron chi connectivity index (χ1n) is 9.77. The van der Waals surface area contributed by atoms with Gasteiger partial charge >= 0.3 is 0 Å². The Hall–Kier alpha value is -2.93. The van der Waals surface area contributed by atoms with Gasteiger partial charge in [0.1, 0.15) is 5.82 Å². The molecule has 29 heavy (non-hydrogen) atoms. The fourth-order valence-corrected chi connectivity index (χ4v) is 3.38. The number of hydrogen-bond donors (Lipinski definition) is 2. The summed E-state index contributed by atoms with van der Waals surface area (Å²) in [6.07, 6.45) is 2.32. The number of carbonyl (C=O) groups excluding carboxylic acids is 2. The molecule has 0 atom stereocenters. The molecule has 2 aromatic rings. The van der Waals surface area contributed by atoms with Crippen LogP contribution < -0.4 is 15.5 Å². The van der Waals surface area contributed by atoms with E-state index in [-0.39, 0.29) is 24.1 Å². The molecule has 1 heterocycles. The maximum Gasteiger partial charge on any atom is 0.253 e. The molecule has 1 aliphatic heterocycles. The third-order valence-corrected chi connectivity index (χ3v) is 4.84. The number of hydrogen-bond acceptors (Lipinski definition) is 4. The number of nitrogens with zero attached hydrogens (tertiary/aromatic N) is 1. The van der Waals surface area contributed by atoms with Gasteiger partial charge in [-0.1, -0.05) is 12.1 Å². The Morgan fingerprint density at radius 3 is 2.52 bits per heavy atom. The highest BCUT2D eigenvalue weighted by atomic mass is 19.1. The summed E-state index contributed by atoms with van der Waals surface area (Å²) < 4.78 is 18.0. The van der Waals surface area contributed by atoms with Crippen molar-refractivity contribution in [1.29, 1.82) is 0 Å². The molecular formula is C22H26FN3O3. The maximum absolute atomic E-state index is 13.0.